The van der Waals surface area contributed by atoms with Gasteiger partial charge in [0.1, 0.15) is 45.7 Å². The highest BCUT2D eigenvalue weighted by molar-refractivity contribution is 6.27. The highest BCUT2D eigenvalue weighted by Crippen LogP contribution is 2.59. The number of hydrogen-bond acceptors (Lipinski definition) is 17. The number of aliphatic hydroxyl groups excluding tert-OH is 5. The second-order valence-electron chi connectivity index (χ2n) is 30.6. The standard InChI is InChI=1S/C37H51NO9.C37H51NO8/c1-17-9-10-37(47-34(17)23-13-24(39)15-25(40)14-23)20(4)11-19(3)28(46-37)16-26-18(2)12-22-7-8-27(41)21(5)29(22)30(26)32(42)31-33(43)36(45)38(6)35(31)44;1-17-9-10-37(46-35(17)24-13-25(39)15-26(40)14-24)20(4)11-19(3)29(45-37)16-27-18(2)12-23-7-8-28(41)21(5)30(23)31(27)34(43)32-33(42)22(6)38-36(32)44/h12-15,17,19-22,26-30,34,36,39-42,45H,7-11,16H2,1-6H3;12-15,17,19-23,27-31,35,39-41,43H,7-11,16H2,1-6H3,(H,38,44)/t17-,19-,20-,21-,22-,26+,27+,28+,29-,30-,34-,36?,37+;17-,19-,20-,21-,22?,23-,27+,28+,29+,30-,31-,35-,37+/m00/s1. The molecule has 2 spiro atoms. The van der Waals surface area contributed by atoms with Crippen molar-refractivity contribution >= 4 is 23.4 Å². The zero-order valence-electron chi connectivity index (χ0n) is 56.2. The SMILES string of the molecule is CC1=C[C@@H]2CC[C@@H](O)[C@H](C)[C@@H]2[C@@H](C(O)=C2C(=O)C(O)N(C)C2=O)[C@@H]1C[C@H]1O[C@@]2(CC[C@H](C)[C@@H](c3cc(O)cc(O)c3)O2)[C@@H](C)C[C@@H]1C.CC1=C[C@@H]2CC[C@@H](O)[C@H](C)[C@@H]2[C@@H](C(O)=C2C(=O)NC(C)C2=O)[C@@H]1C[C@H]1O[C@@]2(CC[C@H](C)[C@@H](c3cc(O)cc(O)c3)O2)[C@@H](C)C[C@@H]1C. The van der Waals surface area contributed by atoms with Crippen LogP contribution in [0.3, 0.4) is 0 Å². The van der Waals surface area contributed by atoms with Crippen molar-refractivity contribution in [1.29, 1.82) is 0 Å². The zero-order chi connectivity index (χ0) is 67.3. The fourth-order valence-corrected chi connectivity index (χ4v) is 19.1. The van der Waals surface area contributed by atoms with E-state index >= 15 is 0 Å². The third kappa shape index (κ3) is 12.6. The maximum absolute atomic E-state index is 13.2. The first-order chi connectivity index (χ1) is 43.8. The normalized spacial score (nSPS) is 43.8. The Hall–Kier alpha value is -5.80. The van der Waals surface area contributed by atoms with Gasteiger partial charge in [0.05, 0.1) is 42.7 Å². The number of allylic oxidation sites excluding steroid dienone is 6. The molecular weight excluding hydrogens is 1190 g/mol. The summed E-state index contributed by atoms with van der Waals surface area (Å²) in [4.78, 5) is 53.4. The molecule has 12 rings (SSSR count). The van der Waals surface area contributed by atoms with E-state index in [-0.39, 0.29) is 147 Å². The van der Waals surface area contributed by atoms with Gasteiger partial charge in [0.2, 0.25) is 5.78 Å². The Morgan fingerprint density at radius 1 is 0.538 bits per heavy atom. The molecule has 510 valence electrons. The molecule has 2 saturated carbocycles. The van der Waals surface area contributed by atoms with Crippen molar-refractivity contribution in [2.24, 2.45) is 94.7 Å². The van der Waals surface area contributed by atoms with E-state index in [1.165, 1.54) is 19.2 Å². The number of carbonyl (C=O) groups is 4. The van der Waals surface area contributed by atoms with Gasteiger partial charge < -0.3 is 75.1 Å². The number of phenolic OH excluding ortho intramolecular Hbond substituents is 4. The molecule has 2 aromatic carbocycles. The van der Waals surface area contributed by atoms with Crippen LogP contribution in [0, 0.1) is 94.7 Å². The number of nitrogens with zero attached hydrogens (tertiary/aromatic N) is 1. The Kier molecular flexibility index (Phi) is 19.4. The molecule has 10 N–H and O–H groups in total. The van der Waals surface area contributed by atoms with Crippen LogP contribution in [0.25, 0.3) is 0 Å². The fraction of sp³-hybridized carbons (Fsp3) is 0.676. The predicted molar refractivity (Wildman–Crippen MR) is 344 cm³/mol. The van der Waals surface area contributed by atoms with Gasteiger partial charge in [0, 0.05) is 55.7 Å². The molecule has 0 aromatic heterocycles. The summed E-state index contributed by atoms with van der Waals surface area (Å²) in [6, 6.07) is 8.45. The lowest BCUT2D eigenvalue weighted by atomic mass is 9.56. The van der Waals surface area contributed by atoms with E-state index < -0.39 is 77.4 Å². The monoisotopic (exact) mass is 1290 g/mol. The van der Waals surface area contributed by atoms with Gasteiger partial charge in [0.15, 0.2) is 23.6 Å². The molecule has 0 radical (unpaired) electrons. The summed E-state index contributed by atoms with van der Waals surface area (Å²) in [5, 5.41) is 99.9. The lowest BCUT2D eigenvalue weighted by molar-refractivity contribution is -0.356. The second-order valence-corrected chi connectivity index (χ2v) is 30.6. The smallest absolute Gasteiger partial charge is 0.263 e. The second kappa shape index (κ2) is 26.3. The molecule has 10 aliphatic rings. The van der Waals surface area contributed by atoms with E-state index in [1.54, 1.807) is 31.2 Å². The molecule has 93 heavy (non-hydrogen) atoms. The van der Waals surface area contributed by atoms with Gasteiger partial charge >= 0.3 is 0 Å². The van der Waals surface area contributed by atoms with Crippen molar-refractivity contribution in [3.8, 4) is 23.0 Å². The summed E-state index contributed by atoms with van der Waals surface area (Å²) in [5.41, 5.74) is 3.05. The molecule has 2 unspecified atom stereocenters. The minimum atomic E-state index is -1.64. The van der Waals surface area contributed by atoms with E-state index in [4.69, 9.17) is 18.9 Å². The van der Waals surface area contributed by atoms with Gasteiger partial charge in [0.25, 0.3) is 11.8 Å². The number of aromatic hydroxyl groups is 4. The van der Waals surface area contributed by atoms with E-state index in [0.717, 1.165) is 54.6 Å². The number of amides is 2. The molecule has 19 nitrogen and oxygen atoms in total. The van der Waals surface area contributed by atoms with E-state index in [1.807, 2.05) is 20.8 Å². The minimum absolute atomic E-state index is 0.0155. The molecule has 6 aliphatic heterocycles. The summed E-state index contributed by atoms with van der Waals surface area (Å²) in [6.45, 7) is 22.6. The van der Waals surface area contributed by atoms with Crippen LogP contribution in [0.2, 0.25) is 0 Å². The molecule has 0 bridgehead atoms. The van der Waals surface area contributed by atoms with Gasteiger partial charge in [-0.15, -0.1) is 0 Å². The van der Waals surface area contributed by atoms with Crippen LogP contribution in [0.15, 0.2) is 82.4 Å². The molecule has 8 fully saturated rings. The van der Waals surface area contributed by atoms with Gasteiger partial charge in [-0.2, -0.15) is 0 Å². The quantitative estimate of drug-likeness (QED) is 0.0508. The van der Waals surface area contributed by atoms with Crippen molar-refractivity contribution in [2.75, 3.05) is 7.05 Å². The summed E-state index contributed by atoms with van der Waals surface area (Å²) in [5.74, 6) is -6.15. The van der Waals surface area contributed by atoms with Crippen molar-refractivity contribution < 1.29 is 84.1 Å². The van der Waals surface area contributed by atoms with Gasteiger partial charge in [-0.25, -0.2) is 0 Å². The van der Waals surface area contributed by atoms with Crippen LogP contribution >= 0.6 is 0 Å². The van der Waals surface area contributed by atoms with Crippen molar-refractivity contribution in [1.82, 2.24) is 10.2 Å². The van der Waals surface area contributed by atoms with Crippen molar-refractivity contribution in [3.05, 3.63) is 93.5 Å². The Labute approximate surface area is 547 Å². The van der Waals surface area contributed by atoms with Crippen LogP contribution in [-0.2, 0) is 38.1 Å². The number of carbonyl (C=O) groups excluding carboxylic acids is 4. The number of rotatable bonds is 8. The number of likely N-dealkylation sites (N-methyl/N-ethyl adjacent to an activating group) is 1. The molecule has 26 atom stereocenters. The first-order valence-corrected chi connectivity index (χ1v) is 34.5. The first-order valence-electron chi connectivity index (χ1n) is 34.5. The van der Waals surface area contributed by atoms with E-state index in [0.29, 0.717) is 49.7 Å². The highest BCUT2D eigenvalue weighted by atomic mass is 16.7. The van der Waals surface area contributed by atoms with Crippen LogP contribution in [-0.4, -0.2) is 130 Å². The largest absolute Gasteiger partial charge is 0.511 e. The molecule has 6 saturated heterocycles. The Morgan fingerprint density at radius 3 is 1.30 bits per heavy atom. The lowest BCUT2D eigenvalue weighted by Crippen LogP contribution is -2.55. The zero-order valence-corrected chi connectivity index (χ0v) is 56.2. The molecular formula is C74H102N2O17. The maximum Gasteiger partial charge on any atom is 0.263 e. The van der Waals surface area contributed by atoms with Crippen LogP contribution in [0.4, 0.5) is 0 Å². The van der Waals surface area contributed by atoms with Crippen LogP contribution in [0.1, 0.15) is 177 Å². The predicted octanol–water partition coefficient (Wildman–Crippen LogP) is 11.0. The third-order valence-electron chi connectivity index (χ3n) is 24.6. The molecule has 4 aliphatic carbocycles. The number of benzene rings is 2. The van der Waals surface area contributed by atoms with Gasteiger partial charge in [-0.05, 0) is 191 Å². The van der Waals surface area contributed by atoms with Crippen molar-refractivity contribution in [3.63, 3.8) is 0 Å². The van der Waals surface area contributed by atoms with Crippen LogP contribution in [0.5, 0.6) is 23.0 Å². The van der Waals surface area contributed by atoms with Gasteiger partial charge in [-0.3, -0.25) is 19.2 Å². The topological polar surface area (TPSA) is 303 Å². The van der Waals surface area contributed by atoms with Crippen molar-refractivity contribution in [2.45, 2.75) is 214 Å². The summed E-state index contributed by atoms with van der Waals surface area (Å²) >= 11 is 0. The third-order valence-corrected chi connectivity index (χ3v) is 24.6. The molecule has 2 aromatic rings. The number of aliphatic hydroxyl groups is 5. The number of phenols is 4. The Bertz CT molecular complexity index is 3280. The number of likely N-dealkylation sites (tertiary alicyclic amines) is 1. The van der Waals surface area contributed by atoms with Crippen LogP contribution < -0.4 is 5.32 Å². The first kappa shape index (κ1) is 68.6. The summed E-state index contributed by atoms with van der Waals surface area (Å²) in [7, 11) is 1.35. The number of ether oxygens (including phenoxy) is 4. The number of hydrogen-bond donors (Lipinski definition) is 10. The Morgan fingerprint density at radius 2 is 0.935 bits per heavy atom. The van der Waals surface area contributed by atoms with E-state index in [2.05, 4.69) is 65.9 Å². The number of Topliss-reactive ketones (excluding diaryl/α,β-unsaturated/α-hetero) is 2. The Balaban J connectivity index is 0.000000190. The number of fused-ring (bicyclic) bond motifs is 2. The highest BCUT2D eigenvalue weighted by Gasteiger charge is 2.58. The molecule has 19 heteroatoms. The number of nitrogens with one attached hydrogen (secondary N) is 1. The minimum Gasteiger partial charge on any atom is -0.511 e. The maximum atomic E-state index is 13.2. The molecule has 2 amide bonds. The average molecular weight is 1290 g/mol. The summed E-state index contributed by atoms with van der Waals surface area (Å²) in [6.07, 6.45) is 9.16. The van der Waals surface area contributed by atoms with Gasteiger partial charge in [-0.1, -0.05) is 78.7 Å². The molecule has 6 heterocycles. The number of ketones is 2. The van der Waals surface area contributed by atoms with E-state index in [9.17, 15) is 65.1 Å². The lowest BCUT2D eigenvalue weighted by Gasteiger charge is -2.54. The fourth-order valence-electron chi connectivity index (χ4n) is 19.1. The summed E-state index contributed by atoms with van der Waals surface area (Å²) < 4.78 is 27.9. The average Bonchev–Trinajstić information content (AvgIpc) is 1.55.